The van der Waals surface area contributed by atoms with Gasteiger partial charge in [-0.05, 0) is 38.1 Å². The van der Waals surface area contributed by atoms with Gasteiger partial charge in [-0.1, -0.05) is 5.16 Å². The van der Waals surface area contributed by atoms with Gasteiger partial charge in [0, 0.05) is 23.3 Å². The number of ether oxygens (including phenoxy) is 1. The number of carbonyl (C=O) groups excluding carboxylic acids is 1. The first kappa shape index (κ1) is 21.6. The van der Waals surface area contributed by atoms with Crippen molar-refractivity contribution >= 4 is 27.5 Å². The van der Waals surface area contributed by atoms with Crippen LogP contribution in [0.4, 0.5) is 11.6 Å². The van der Waals surface area contributed by atoms with Crippen LogP contribution in [0.1, 0.15) is 11.3 Å². The zero-order valence-electron chi connectivity index (χ0n) is 16.2. The lowest BCUT2D eigenvalue weighted by molar-refractivity contribution is -0.532. The van der Waals surface area contributed by atoms with E-state index < -0.39 is 39.2 Å². The van der Waals surface area contributed by atoms with Crippen molar-refractivity contribution in [1.29, 1.82) is 0 Å². The Labute approximate surface area is 171 Å². The molecular weight excluding hydrogens is 420 g/mol. The minimum atomic E-state index is -3.94. The number of amides is 1. The summed E-state index contributed by atoms with van der Waals surface area (Å²) in [4.78, 5) is 23.0. The van der Waals surface area contributed by atoms with Gasteiger partial charge >= 0.3 is 0 Å². The lowest BCUT2D eigenvalue weighted by Gasteiger charge is -2.15. The van der Waals surface area contributed by atoms with Crippen molar-refractivity contribution in [2.24, 2.45) is 0 Å². The molecule has 0 radical (unpaired) electrons. The summed E-state index contributed by atoms with van der Waals surface area (Å²) in [6.07, 6.45) is -0.975. The number of methoxy groups -OCH3 is 1. The summed E-state index contributed by atoms with van der Waals surface area (Å²) in [7, 11) is -2.66. The van der Waals surface area contributed by atoms with Crippen molar-refractivity contribution in [2.45, 2.75) is 37.1 Å². The summed E-state index contributed by atoms with van der Waals surface area (Å²) in [5.41, 5.74) is 6.45. The molecule has 30 heavy (non-hydrogen) atoms. The Kier molecular flexibility index (Phi) is 6.02. The van der Waals surface area contributed by atoms with E-state index in [9.17, 15) is 23.3 Å². The third-order valence-corrected chi connectivity index (χ3v) is 5.98. The van der Waals surface area contributed by atoms with Crippen LogP contribution in [-0.4, -0.2) is 49.8 Å². The zero-order valence-corrected chi connectivity index (χ0v) is 17.0. The molecule has 1 aliphatic rings. The Bertz CT molecular complexity index is 1050. The van der Waals surface area contributed by atoms with E-state index >= 15 is 0 Å². The maximum absolute atomic E-state index is 12.5. The van der Waals surface area contributed by atoms with E-state index in [1.165, 1.54) is 31.4 Å². The number of anilines is 2. The smallest absolute Gasteiger partial charge is 0.278 e. The van der Waals surface area contributed by atoms with Crippen LogP contribution in [0.3, 0.4) is 0 Å². The van der Waals surface area contributed by atoms with Gasteiger partial charge < -0.3 is 14.6 Å². The first-order valence-corrected chi connectivity index (χ1v) is 10.2. The minimum Gasteiger partial charge on any atom is -0.358 e. The Morgan fingerprint density at radius 3 is 2.47 bits per heavy atom. The normalized spacial score (nSPS) is 21.4. The summed E-state index contributed by atoms with van der Waals surface area (Å²) in [5, 5.41) is 17.4. The molecule has 14 heteroatoms. The monoisotopic (exact) mass is 440 g/mol. The summed E-state index contributed by atoms with van der Waals surface area (Å²) < 4.78 is 37.2. The van der Waals surface area contributed by atoms with E-state index in [-0.39, 0.29) is 16.5 Å². The Hall–Kier alpha value is -3.07. The number of hydrogen-bond acceptors (Lipinski definition) is 10. The van der Waals surface area contributed by atoms with E-state index in [1.54, 1.807) is 13.8 Å². The standard InChI is InChI=1S/C16H20N6O7S/c1-8-9(2)20-29-15(8)21-30(26,27)11-6-4-10(5-7-11)17-14(23)12-13(22(24)25)16(28-3)19-18-12/h4-7,12-13,16,18-19,21H,1-3H3,(H,17,23). The maximum Gasteiger partial charge on any atom is 0.278 e. The predicted octanol–water partition coefficient (Wildman–Crippen LogP) is 0.125. The number of nitro groups is 1. The highest BCUT2D eigenvalue weighted by molar-refractivity contribution is 7.92. The molecule has 3 unspecified atom stereocenters. The van der Waals surface area contributed by atoms with Gasteiger partial charge in [-0.25, -0.2) is 24.0 Å². The van der Waals surface area contributed by atoms with Crippen molar-refractivity contribution in [3.8, 4) is 0 Å². The fourth-order valence-electron chi connectivity index (χ4n) is 2.80. The molecule has 1 fully saturated rings. The molecule has 0 saturated carbocycles. The third kappa shape index (κ3) is 4.25. The van der Waals surface area contributed by atoms with Gasteiger partial charge in [-0.2, -0.15) is 0 Å². The average molecular weight is 440 g/mol. The number of sulfonamides is 1. The SMILES string of the molecule is COC1NNC(C(=O)Nc2ccc(S(=O)(=O)Nc3onc(C)c3C)cc2)C1[N+](=O)[O-]. The Morgan fingerprint density at radius 1 is 1.27 bits per heavy atom. The molecule has 1 aromatic heterocycles. The molecule has 0 spiro atoms. The molecule has 3 atom stereocenters. The number of hydrazine groups is 1. The highest BCUT2D eigenvalue weighted by Crippen LogP contribution is 2.23. The summed E-state index contributed by atoms with van der Waals surface area (Å²) in [5.74, 6) is -0.659. The largest absolute Gasteiger partial charge is 0.358 e. The molecule has 0 aliphatic carbocycles. The number of nitrogens with one attached hydrogen (secondary N) is 4. The second-order valence-corrected chi connectivity index (χ2v) is 8.22. The van der Waals surface area contributed by atoms with Crippen molar-refractivity contribution in [3.05, 3.63) is 45.6 Å². The maximum atomic E-state index is 12.5. The van der Waals surface area contributed by atoms with Gasteiger partial charge in [0.2, 0.25) is 11.8 Å². The van der Waals surface area contributed by atoms with Gasteiger partial charge in [0.15, 0.2) is 12.3 Å². The molecule has 0 bridgehead atoms. The highest BCUT2D eigenvalue weighted by Gasteiger charge is 2.49. The number of aromatic nitrogens is 1. The van der Waals surface area contributed by atoms with E-state index in [1.807, 2.05) is 0 Å². The first-order valence-electron chi connectivity index (χ1n) is 8.68. The van der Waals surface area contributed by atoms with Crippen molar-refractivity contribution in [2.75, 3.05) is 17.1 Å². The van der Waals surface area contributed by atoms with Crippen LogP contribution < -0.4 is 20.9 Å². The van der Waals surface area contributed by atoms with Crippen molar-refractivity contribution in [3.63, 3.8) is 0 Å². The summed E-state index contributed by atoms with van der Waals surface area (Å²) in [6, 6.07) is 2.75. The van der Waals surface area contributed by atoms with Crippen LogP contribution in [-0.2, 0) is 19.6 Å². The van der Waals surface area contributed by atoms with Crippen molar-refractivity contribution < 1.29 is 27.4 Å². The van der Waals surface area contributed by atoms with Crippen LogP contribution in [0.5, 0.6) is 0 Å². The van der Waals surface area contributed by atoms with Gasteiger partial charge in [-0.3, -0.25) is 14.9 Å². The van der Waals surface area contributed by atoms with Crippen molar-refractivity contribution in [1.82, 2.24) is 16.0 Å². The molecule has 162 valence electrons. The molecule has 1 aromatic carbocycles. The van der Waals surface area contributed by atoms with E-state index in [4.69, 9.17) is 9.26 Å². The van der Waals surface area contributed by atoms with E-state index in [0.717, 1.165) is 0 Å². The number of rotatable bonds is 7. The van der Waals surface area contributed by atoms with E-state index in [2.05, 4.69) is 26.0 Å². The fraction of sp³-hybridized carbons (Fsp3) is 0.375. The minimum absolute atomic E-state index is 0.0169. The van der Waals surface area contributed by atoms with E-state index in [0.29, 0.717) is 11.3 Å². The first-order chi connectivity index (χ1) is 14.1. The van der Waals surface area contributed by atoms with Gasteiger partial charge in [0.1, 0.15) is 0 Å². The Balaban J connectivity index is 1.70. The number of nitrogens with zero attached hydrogens (tertiary/aromatic N) is 2. The molecule has 1 saturated heterocycles. The fourth-order valence-corrected chi connectivity index (χ4v) is 3.84. The molecule has 2 aromatic rings. The number of aryl methyl sites for hydroxylation is 1. The lowest BCUT2D eigenvalue weighted by atomic mass is 10.1. The summed E-state index contributed by atoms with van der Waals surface area (Å²) in [6.45, 7) is 3.35. The van der Waals surface area contributed by atoms with Gasteiger partial charge in [-0.15, -0.1) is 0 Å². The molecular formula is C16H20N6O7S. The second kappa shape index (κ2) is 8.35. The average Bonchev–Trinajstić information content (AvgIpc) is 3.27. The van der Waals surface area contributed by atoms with Gasteiger partial charge in [0.25, 0.3) is 16.1 Å². The topological polar surface area (TPSA) is 178 Å². The molecule has 1 aliphatic heterocycles. The highest BCUT2D eigenvalue weighted by atomic mass is 32.2. The second-order valence-electron chi connectivity index (χ2n) is 6.54. The molecule has 4 N–H and O–H groups in total. The number of hydrogen-bond donors (Lipinski definition) is 4. The number of benzene rings is 1. The van der Waals surface area contributed by atoms with Crippen LogP contribution in [0.25, 0.3) is 0 Å². The quantitative estimate of drug-likeness (QED) is 0.341. The molecule has 2 heterocycles. The van der Waals surface area contributed by atoms with Gasteiger partial charge in [0.05, 0.1) is 10.6 Å². The van der Waals surface area contributed by atoms with Crippen LogP contribution in [0.15, 0.2) is 33.7 Å². The predicted molar refractivity (Wildman–Crippen MR) is 103 cm³/mol. The summed E-state index contributed by atoms with van der Waals surface area (Å²) >= 11 is 0. The molecule has 1 amide bonds. The molecule has 13 nitrogen and oxygen atoms in total. The van der Waals surface area contributed by atoms with Crippen LogP contribution >= 0.6 is 0 Å². The molecule has 3 rings (SSSR count). The van der Waals surface area contributed by atoms with Crippen LogP contribution in [0, 0.1) is 24.0 Å². The Morgan fingerprint density at radius 2 is 1.93 bits per heavy atom. The van der Waals surface area contributed by atoms with Crippen LogP contribution in [0.2, 0.25) is 0 Å². The lowest BCUT2D eigenvalue weighted by Crippen LogP contribution is -2.47. The third-order valence-electron chi connectivity index (χ3n) is 4.63. The zero-order chi connectivity index (χ0) is 22.1. The number of carbonyl (C=O) groups is 1.